The smallest absolute Gasteiger partial charge is 0.135 e. The van der Waals surface area contributed by atoms with Crippen LogP contribution in [0.4, 0.5) is 0 Å². The molecule has 0 bridgehead atoms. The fourth-order valence-corrected chi connectivity index (χ4v) is 9.76. The van der Waals surface area contributed by atoms with Crippen LogP contribution in [0, 0.1) is 0 Å². The van der Waals surface area contributed by atoms with Crippen LogP contribution in [-0.2, 0) is 10.9 Å². The molecule has 3 nitrogen and oxygen atoms in total. The van der Waals surface area contributed by atoms with Gasteiger partial charge in [-0.3, -0.25) is 4.57 Å². The molecule has 1 aromatic heterocycles. The van der Waals surface area contributed by atoms with Gasteiger partial charge in [-0.1, -0.05) is 115 Å². The normalized spacial score (nSPS) is 14.9. The molecular formula is C48H26B10N2O. The first-order chi connectivity index (χ1) is 28.9. The van der Waals surface area contributed by atoms with E-state index in [4.69, 9.17) is 78.5 Å². The second kappa shape index (κ2) is 13.6. The largest absolute Gasteiger partial charge is 0.394 e. The molecule has 1 heterocycles. The molecule has 0 fully saturated rings. The highest BCUT2D eigenvalue weighted by Gasteiger charge is 2.55. The number of rotatable bonds is 7. The van der Waals surface area contributed by atoms with Crippen molar-refractivity contribution in [1.29, 1.82) is 0 Å². The van der Waals surface area contributed by atoms with Gasteiger partial charge in [0.1, 0.15) is 13.7 Å². The van der Waals surface area contributed by atoms with Crippen molar-refractivity contribution in [3.8, 4) is 39.1 Å². The van der Waals surface area contributed by atoms with Gasteiger partial charge in [0.05, 0.1) is 87.2 Å². The Kier molecular flexibility index (Phi) is 8.83. The standard InChI is InChI=1S/C48H26B10N2O/c49-45(61,48(56,57)58)43-59-39-15-7-8-16-40(39)60(43)30-21-19-26-23-28(18-17-27(26)24-30)41-33-10-1-3-12-35(33)42(36-13-4-2-11-34(36)41)29-20-22-32-31-9-5-6-14-37(31)44(38(32)25-29,46(50,51)52)47(53,54)55/h1-25,61H. The number of para-hydroxylation sites is 2. The van der Waals surface area contributed by atoms with Crippen molar-refractivity contribution in [1.82, 2.24) is 9.55 Å². The third-order valence-electron chi connectivity index (χ3n) is 12.5. The number of aliphatic hydroxyl groups is 1. The Morgan fingerprint density at radius 3 is 1.57 bits per heavy atom. The molecule has 264 valence electrons. The molecule has 0 amide bonds. The van der Waals surface area contributed by atoms with E-state index in [0.29, 0.717) is 27.8 Å². The first kappa shape index (κ1) is 39.7. The third kappa shape index (κ3) is 5.72. The lowest BCUT2D eigenvalue weighted by Crippen LogP contribution is -2.52. The summed E-state index contributed by atoms with van der Waals surface area (Å²) in [5, 5.41) is 11.3. The summed E-state index contributed by atoms with van der Waals surface area (Å²) in [5.41, 5.74) is 5.04. The first-order valence-corrected chi connectivity index (χ1v) is 19.8. The number of aromatic nitrogens is 2. The molecule has 0 saturated heterocycles. The van der Waals surface area contributed by atoms with Gasteiger partial charge in [-0.2, -0.15) is 0 Å². The van der Waals surface area contributed by atoms with Crippen molar-refractivity contribution >= 4 is 122 Å². The minimum Gasteiger partial charge on any atom is -0.394 e. The first-order valence-electron chi connectivity index (χ1n) is 19.8. The van der Waals surface area contributed by atoms with E-state index in [2.05, 4.69) is 53.5 Å². The van der Waals surface area contributed by atoms with E-state index in [1.807, 2.05) is 103 Å². The fraction of sp³-hybridized carbons (Fsp3) is 0.104. The van der Waals surface area contributed by atoms with Crippen LogP contribution in [0.5, 0.6) is 0 Å². The van der Waals surface area contributed by atoms with Gasteiger partial charge in [-0.25, -0.2) is 4.98 Å². The lowest BCUT2D eigenvalue weighted by molar-refractivity contribution is 0.118. The number of hydrogen-bond donors (Lipinski definition) is 1. The number of benzene rings is 8. The minimum atomic E-state index is -2.37. The summed E-state index contributed by atoms with van der Waals surface area (Å²) in [4.78, 5) is 4.62. The van der Waals surface area contributed by atoms with Crippen molar-refractivity contribution in [2.45, 2.75) is 26.3 Å². The molecule has 1 unspecified atom stereocenters. The second-order valence-corrected chi connectivity index (χ2v) is 16.5. The summed E-state index contributed by atoms with van der Waals surface area (Å²) in [6.07, 6.45) is 0. The molecule has 1 N–H and O–H groups in total. The molecular weight excluding hydrogens is 729 g/mol. The van der Waals surface area contributed by atoms with E-state index >= 15 is 0 Å². The van der Waals surface area contributed by atoms with E-state index < -0.39 is 26.3 Å². The van der Waals surface area contributed by atoms with Crippen LogP contribution in [0.2, 0.25) is 15.3 Å². The molecule has 0 aliphatic heterocycles. The lowest BCUT2D eigenvalue weighted by atomic mass is 9.18. The quantitative estimate of drug-likeness (QED) is 0.139. The molecule has 10 rings (SSSR count). The predicted molar refractivity (Wildman–Crippen MR) is 260 cm³/mol. The van der Waals surface area contributed by atoms with Crippen molar-refractivity contribution in [2.24, 2.45) is 0 Å². The fourth-order valence-electron chi connectivity index (χ4n) is 9.76. The molecule has 1 atom stereocenters. The Morgan fingerprint density at radius 1 is 0.475 bits per heavy atom. The van der Waals surface area contributed by atoms with E-state index in [9.17, 15) is 5.11 Å². The molecule has 9 aromatic rings. The average Bonchev–Trinajstić information content (AvgIpc) is 3.77. The SMILES string of the molecule is [B]C([B])([B])C([B])(O)c1nc2ccccc2n1-c1ccc2cc(-c3c4ccccc4c(-c4ccc5c(c4)C(C([B])([B])[B])(C([B])([B])[B])c4ccccc4-5)c4ccccc34)ccc2c1. The van der Waals surface area contributed by atoms with Gasteiger partial charge in [-0.05, 0) is 119 Å². The molecule has 0 saturated carbocycles. The van der Waals surface area contributed by atoms with E-state index in [0.717, 1.165) is 65.7 Å². The van der Waals surface area contributed by atoms with Gasteiger partial charge in [0.25, 0.3) is 0 Å². The second-order valence-electron chi connectivity index (χ2n) is 16.5. The van der Waals surface area contributed by atoms with Crippen LogP contribution in [0.25, 0.3) is 82.4 Å². The highest BCUT2D eigenvalue weighted by molar-refractivity contribution is 6.66. The molecule has 1 aliphatic rings. The number of fused-ring (bicyclic) bond motifs is 7. The maximum Gasteiger partial charge on any atom is 0.135 e. The van der Waals surface area contributed by atoms with Crippen molar-refractivity contribution in [3.63, 3.8) is 0 Å². The minimum absolute atomic E-state index is 0.00982. The third-order valence-corrected chi connectivity index (χ3v) is 12.5. The Labute approximate surface area is 368 Å². The summed E-state index contributed by atoms with van der Waals surface area (Å²) < 4.78 is 1.73. The van der Waals surface area contributed by atoms with Gasteiger partial charge < -0.3 is 5.11 Å². The van der Waals surface area contributed by atoms with Crippen LogP contribution < -0.4 is 0 Å². The van der Waals surface area contributed by atoms with Crippen molar-refractivity contribution < 1.29 is 5.11 Å². The van der Waals surface area contributed by atoms with Crippen LogP contribution in [-0.4, -0.2) is 93.1 Å². The van der Waals surface area contributed by atoms with Crippen molar-refractivity contribution in [2.75, 3.05) is 0 Å². The summed E-state index contributed by atoms with van der Waals surface area (Å²) in [5.74, 6) is 0.00982. The Balaban J connectivity index is 1.16. The zero-order valence-electron chi connectivity index (χ0n) is 33.0. The maximum atomic E-state index is 11.4. The van der Waals surface area contributed by atoms with Gasteiger partial charge in [0.2, 0.25) is 0 Å². The molecule has 13 heteroatoms. The molecule has 61 heavy (non-hydrogen) atoms. The van der Waals surface area contributed by atoms with Gasteiger partial charge in [0, 0.05) is 5.69 Å². The Morgan fingerprint density at radius 2 is 0.967 bits per heavy atom. The monoisotopic (exact) mass is 756 g/mol. The highest BCUT2D eigenvalue weighted by atomic mass is 16.3. The van der Waals surface area contributed by atoms with Gasteiger partial charge in [-0.15, -0.1) is 15.3 Å². The molecule has 1 aliphatic carbocycles. The molecule has 8 aromatic carbocycles. The predicted octanol–water partition coefficient (Wildman–Crippen LogP) is 7.14. The van der Waals surface area contributed by atoms with Crippen LogP contribution in [0.15, 0.2) is 152 Å². The molecule has 0 spiro atoms. The maximum absolute atomic E-state index is 11.4. The zero-order valence-corrected chi connectivity index (χ0v) is 33.0. The Bertz CT molecular complexity index is 3200. The summed E-state index contributed by atoms with van der Waals surface area (Å²) in [6, 6.07) is 50.3. The topological polar surface area (TPSA) is 38.1 Å². The summed E-state index contributed by atoms with van der Waals surface area (Å²) in [7, 11) is 64.2. The average molecular weight is 755 g/mol. The van der Waals surface area contributed by atoms with Gasteiger partial charge >= 0.3 is 0 Å². The summed E-state index contributed by atoms with van der Waals surface area (Å²) >= 11 is 0. The zero-order chi connectivity index (χ0) is 42.9. The van der Waals surface area contributed by atoms with Crippen LogP contribution >= 0.6 is 0 Å². The van der Waals surface area contributed by atoms with Crippen molar-refractivity contribution in [3.05, 3.63) is 169 Å². The van der Waals surface area contributed by atoms with Gasteiger partial charge in [0.15, 0.2) is 0 Å². The summed E-state index contributed by atoms with van der Waals surface area (Å²) in [6.45, 7) is 0. The van der Waals surface area contributed by atoms with Crippen LogP contribution in [0.1, 0.15) is 17.0 Å². The van der Waals surface area contributed by atoms with Crippen LogP contribution in [0.3, 0.4) is 0 Å². The molecule has 20 radical (unpaired) electrons. The highest BCUT2D eigenvalue weighted by Crippen LogP contribution is 2.65. The number of hydrogen-bond acceptors (Lipinski definition) is 2. The van der Waals surface area contributed by atoms with E-state index in [-0.39, 0.29) is 5.82 Å². The number of imidazole rings is 1. The lowest BCUT2D eigenvalue weighted by Gasteiger charge is -2.56. The number of nitrogens with zero attached hydrogens (tertiary/aromatic N) is 2. The Hall–Kier alpha value is -5.38. The van der Waals surface area contributed by atoms with E-state index in [1.54, 1.807) is 4.57 Å². The van der Waals surface area contributed by atoms with E-state index in [1.165, 1.54) is 0 Å².